The van der Waals surface area contributed by atoms with Gasteiger partial charge in [0.25, 0.3) is 0 Å². The van der Waals surface area contributed by atoms with Crippen molar-refractivity contribution in [2.45, 2.75) is 32.1 Å². The number of aliphatic carboxylic acids is 1. The quantitative estimate of drug-likeness (QED) is 0.910. The minimum atomic E-state index is -0.755. The van der Waals surface area contributed by atoms with E-state index < -0.39 is 5.97 Å². The summed E-state index contributed by atoms with van der Waals surface area (Å²) in [5.41, 5.74) is 0.956. The molecule has 1 aliphatic carbocycles. The Kier molecular flexibility index (Phi) is 3.17. The van der Waals surface area contributed by atoms with Crippen molar-refractivity contribution in [2.75, 3.05) is 0 Å². The molecule has 20 heavy (non-hydrogen) atoms. The van der Waals surface area contributed by atoms with E-state index in [0.29, 0.717) is 30.4 Å². The van der Waals surface area contributed by atoms with Crippen molar-refractivity contribution in [3.8, 4) is 11.6 Å². The number of aromatic nitrogens is 4. The van der Waals surface area contributed by atoms with Crippen LogP contribution in [0.1, 0.15) is 36.6 Å². The second kappa shape index (κ2) is 4.99. The molecule has 1 N–H and O–H groups in total. The topological polar surface area (TPSA) is 102 Å². The molecule has 1 saturated carbocycles. The molecule has 0 spiro atoms. The van der Waals surface area contributed by atoms with Gasteiger partial charge in [0.2, 0.25) is 17.5 Å². The first kappa shape index (κ1) is 12.7. The summed E-state index contributed by atoms with van der Waals surface area (Å²) in [5, 5.41) is 12.9. The lowest BCUT2D eigenvalue weighted by molar-refractivity contribution is -0.141. The SMILES string of the molecule is Cc1cnc(-c2noc(C3CCC(C(=O)O)C3)n2)nc1. The van der Waals surface area contributed by atoms with E-state index in [2.05, 4.69) is 20.1 Å². The van der Waals surface area contributed by atoms with Crippen molar-refractivity contribution < 1.29 is 14.4 Å². The Bertz CT molecular complexity index is 623. The van der Waals surface area contributed by atoms with Crippen molar-refractivity contribution in [2.24, 2.45) is 5.92 Å². The maximum Gasteiger partial charge on any atom is 0.306 e. The van der Waals surface area contributed by atoms with Gasteiger partial charge in [0.15, 0.2) is 0 Å². The number of rotatable bonds is 3. The molecule has 104 valence electrons. The van der Waals surface area contributed by atoms with Gasteiger partial charge in [-0.3, -0.25) is 4.79 Å². The number of carboxylic acids is 1. The van der Waals surface area contributed by atoms with Gasteiger partial charge >= 0.3 is 5.97 Å². The zero-order valence-electron chi connectivity index (χ0n) is 11.0. The molecular formula is C13H14N4O3. The lowest BCUT2D eigenvalue weighted by Crippen LogP contribution is -2.09. The Hall–Kier alpha value is -2.31. The molecule has 0 bridgehead atoms. The molecule has 0 radical (unpaired) electrons. The van der Waals surface area contributed by atoms with Gasteiger partial charge in [-0.1, -0.05) is 5.16 Å². The summed E-state index contributed by atoms with van der Waals surface area (Å²) in [5.74, 6) is 0.188. The zero-order chi connectivity index (χ0) is 14.1. The second-order valence-electron chi connectivity index (χ2n) is 5.09. The highest BCUT2D eigenvalue weighted by Gasteiger charge is 2.34. The van der Waals surface area contributed by atoms with Crippen molar-refractivity contribution in [3.05, 3.63) is 23.8 Å². The molecule has 0 aromatic carbocycles. The lowest BCUT2D eigenvalue weighted by Gasteiger charge is -2.02. The van der Waals surface area contributed by atoms with Gasteiger partial charge in [-0.15, -0.1) is 0 Å². The summed E-state index contributed by atoms with van der Waals surface area (Å²) >= 11 is 0. The summed E-state index contributed by atoms with van der Waals surface area (Å²) < 4.78 is 5.23. The van der Waals surface area contributed by atoms with Crippen LogP contribution < -0.4 is 0 Å². The molecule has 0 amide bonds. The molecule has 2 aromatic rings. The number of nitrogens with zero attached hydrogens (tertiary/aromatic N) is 4. The van der Waals surface area contributed by atoms with Gasteiger partial charge in [0.1, 0.15) is 0 Å². The highest BCUT2D eigenvalue weighted by Crippen LogP contribution is 2.37. The van der Waals surface area contributed by atoms with Gasteiger partial charge in [0, 0.05) is 18.3 Å². The molecule has 1 fully saturated rings. The Morgan fingerprint density at radius 2 is 2.05 bits per heavy atom. The minimum absolute atomic E-state index is 0.0165. The third-order valence-electron chi connectivity index (χ3n) is 3.55. The van der Waals surface area contributed by atoms with Crippen LogP contribution in [0.3, 0.4) is 0 Å². The average Bonchev–Trinajstić information content (AvgIpc) is 3.08. The smallest absolute Gasteiger partial charge is 0.306 e. The molecule has 2 aromatic heterocycles. The monoisotopic (exact) mass is 274 g/mol. The molecule has 3 rings (SSSR count). The van der Waals surface area contributed by atoms with Crippen LogP contribution in [0.15, 0.2) is 16.9 Å². The van der Waals surface area contributed by atoms with Crippen molar-refractivity contribution in [3.63, 3.8) is 0 Å². The van der Waals surface area contributed by atoms with Crippen molar-refractivity contribution in [1.29, 1.82) is 0 Å². The zero-order valence-corrected chi connectivity index (χ0v) is 11.0. The van der Waals surface area contributed by atoms with Gasteiger partial charge in [0.05, 0.1) is 5.92 Å². The fourth-order valence-electron chi connectivity index (χ4n) is 2.43. The van der Waals surface area contributed by atoms with Gasteiger partial charge in [-0.05, 0) is 31.7 Å². The lowest BCUT2D eigenvalue weighted by atomic mass is 10.1. The highest BCUT2D eigenvalue weighted by atomic mass is 16.5. The molecule has 2 heterocycles. The fourth-order valence-corrected chi connectivity index (χ4v) is 2.43. The number of carboxylic acid groups (broad SMARTS) is 1. The Balaban J connectivity index is 1.77. The molecule has 7 heteroatoms. The number of aryl methyl sites for hydroxylation is 1. The summed E-state index contributed by atoms with van der Waals surface area (Å²) in [6.07, 6.45) is 5.33. The molecular weight excluding hydrogens is 260 g/mol. The van der Waals surface area contributed by atoms with E-state index in [1.165, 1.54) is 0 Å². The third-order valence-corrected chi connectivity index (χ3v) is 3.55. The first-order chi connectivity index (χ1) is 9.63. The maximum absolute atomic E-state index is 11.0. The van der Waals surface area contributed by atoms with E-state index in [1.807, 2.05) is 6.92 Å². The molecule has 0 aliphatic heterocycles. The summed E-state index contributed by atoms with van der Waals surface area (Å²) in [6, 6.07) is 0. The third kappa shape index (κ3) is 2.38. The standard InChI is InChI=1S/C13H14N4O3/c1-7-5-14-10(15-6-7)11-16-12(20-17-11)8-2-3-9(4-8)13(18)19/h5-6,8-9H,2-4H2,1H3,(H,18,19). The van der Waals surface area contributed by atoms with E-state index in [9.17, 15) is 4.79 Å². The number of hydrogen-bond acceptors (Lipinski definition) is 6. The molecule has 0 saturated heterocycles. The Morgan fingerprint density at radius 3 is 2.70 bits per heavy atom. The predicted octanol–water partition coefficient (Wildman–Crippen LogP) is 1.80. The van der Waals surface area contributed by atoms with Crippen LogP contribution in [0.5, 0.6) is 0 Å². The van der Waals surface area contributed by atoms with E-state index in [1.54, 1.807) is 12.4 Å². The minimum Gasteiger partial charge on any atom is -0.481 e. The number of carbonyl (C=O) groups is 1. The Morgan fingerprint density at radius 1 is 1.30 bits per heavy atom. The first-order valence-corrected chi connectivity index (χ1v) is 6.49. The van der Waals surface area contributed by atoms with Crippen LogP contribution in [-0.2, 0) is 4.79 Å². The molecule has 2 unspecified atom stereocenters. The molecule has 2 atom stereocenters. The van der Waals surface area contributed by atoms with E-state index in [-0.39, 0.29) is 11.8 Å². The predicted molar refractivity (Wildman–Crippen MR) is 67.8 cm³/mol. The highest BCUT2D eigenvalue weighted by molar-refractivity contribution is 5.70. The van der Waals surface area contributed by atoms with E-state index >= 15 is 0 Å². The largest absolute Gasteiger partial charge is 0.481 e. The van der Waals surface area contributed by atoms with Gasteiger partial charge < -0.3 is 9.63 Å². The van der Waals surface area contributed by atoms with Crippen LogP contribution in [0.4, 0.5) is 0 Å². The van der Waals surface area contributed by atoms with Crippen LogP contribution in [0.2, 0.25) is 0 Å². The summed E-state index contributed by atoms with van der Waals surface area (Å²) in [6.45, 7) is 1.90. The van der Waals surface area contributed by atoms with Crippen molar-refractivity contribution in [1.82, 2.24) is 20.1 Å². The van der Waals surface area contributed by atoms with Crippen LogP contribution in [0.25, 0.3) is 11.6 Å². The van der Waals surface area contributed by atoms with E-state index in [0.717, 1.165) is 12.0 Å². The summed E-state index contributed by atoms with van der Waals surface area (Å²) in [7, 11) is 0. The van der Waals surface area contributed by atoms with Crippen LogP contribution in [0, 0.1) is 12.8 Å². The van der Waals surface area contributed by atoms with Crippen LogP contribution >= 0.6 is 0 Å². The fraction of sp³-hybridized carbons (Fsp3) is 0.462. The van der Waals surface area contributed by atoms with E-state index in [4.69, 9.17) is 9.63 Å². The second-order valence-corrected chi connectivity index (χ2v) is 5.09. The van der Waals surface area contributed by atoms with Gasteiger partial charge in [-0.2, -0.15) is 4.98 Å². The normalized spacial score (nSPS) is 22.1. The first-order valence-electron chi connectivity index (χ1n) is 6.49. The maximum atomic E-state index is 11.0. The van der Waals surface area contributed by atoms with Gasteiger partial charge in [-0.25, -0.2) is 9.97 Å². The van der Waals surface area contributed by atoms with Crippen molar-refractivity contribution >= 4 is 5.97 Å². The average molecular weight is 274 g/mol. The summed E-state index contributed by atoms with van der Waals surface area (Å²) in [4.78, 5) is 23.5. The Labute approximate surface area is 115 Å². The van der Waals surface area contributed by atoms with Crippen LogP contribution in [-0.4, -0.2) is 31.2 Å². The molecule has 7 nitrogen and oxygen atoms in total. The number of hydrogen-bond donors (Lipinski definition) is 1. The molecule has 1 aliphatic rings.